The third kappa shape index (κ3) is 11.0. The zero-order valence-corrected chi connectivity index (χ0v) is 10.9. The van der Waals surface area contributed by atoms with Crippen LogP contribution in [-0.2, 0) is 9.53 Å². The van der Waals surface area contributed by atoms with Crippen LogP contribution < -0.4 is 5.32 Å². The second-order valence-electron chi connectivity index (χ2n) is 4.91. The fourth-order valence-corrected chi connectivity index (χ4v) is 1.16. The van der Waals surface area contributed by atoms with Gasteiger partial charge in [-0.15, -0.1) is 0 Å². The van der Waals surface area contributed by atoms with Gasteiger partial charge in [0.1, 0.15) is 5.60 Å². The van der Waals surface area contributed by atoms with E-state index >= 15 is 0 Å². The molecule has 0 bridgehead atoms. The first-order valence-electron chi connectivity index (χ1n) is 5.58. The molecular formula is C11H22N2O4. The van der Waals surface area contributed by atoms with Crippen molar-refractivity contribution in [1.82, 2.24) is 10.2 Å². The smallest absolute Gasteiger partial charge is 0.407 e. The maximum Gasteiger partial charge on any atom is 0.407 e. The summed E-state index contributed by atoms with van der Waals surface area (Å²) in [6.07, 6.45) is 0.238. The van der Waals surface area contributed by atoms with Crippen molar-refractivity contribution in [2.24, 2.45) is 0 Å². The van der Waals surface area contributed by atoms with E-state index in [0.29, 0.717) is 19.5 Å². The number of likely N-dealkylation sites (N-methyl/N-ethyl adjacent to an activating group) is 1. The Kier molecular flexibility index (Phi) is 6.57. The number of amides is 1. The molecule has 0 aromatic rings. The van der Waals surface area contributed by atoms with Crippen molar-refractivity contribution in [3.8, 4) is 0 Å². The van der Waals surface area contributed by atoms with Gasteiger partial charge in [0.05, 0.1) is 6.54 Å². The number of carboxylic acid groups (broad SMARTS) is 1. The average Bonchev–Trinajstić information content (AvgIpc) is 2.08. The highest BCUT2D eigenvalue weighted by atomic mass is 16.6. The lowest BCUT2D eigenvalue weighted by Gasteiger charge is -2.20. The monoisotopic (exact) mass is 246 g/mol. The third-order valence-electron chi connectivity index (χ3n) is 1.79. The molecular weight excluding hydrogens is 224 g/mol. The molecule has 0 aromatic carbocycles. The Morgan fingerprint density at radius 3 is 2.41 bits per heavy atom. The minimum atomic E-state index is -0.854. The van der Waals surface area contributed by atoms with Crippen molar-refractivity contribution in [1.29, 1.82) is 0 Å². The summed E-state index contributed by atoms with van der Waals surface area (Å²) in [5.74, 6) is -0.854. The summed E-state index contributed by atoms with van der Waals surface area (Å²) in [5, 5.41) is 11.1. The Labute approximate surface area is 102 Å². The number of carbonyl (C=O) groups is 2. The van der Waals surface area contributed by atoms with Crippen LogP contribution in [0.5, 0.6) is 0 Å². The Morgan fingerprint density at radius 1 is 1.35 bits per heavy atom. The van der Waals surface area contributed by atoms with E-state index in [1.165, 1.54) is 0 Å². The largest absolute Gasteiger partial charge is 0.480 e. The van der Waals surface area contributed by atoms with Crippen LogP contribution in [0.1, 0.15) is 27.2 Å². The van der Waals surface area contributed by atoms with Crippen molar-refractivity contribution < 1.29 is 19.4 Å². The van der Waals surface area contributed by atoms with Crippen LogP contribution in [0.15, 0.2) is 0 Å². The Balaban J connectivity index is 3.58. The summed E-state index contributed by atoms with van der Waals surface area (Å²) in [6, 6.07) is 0. The lowest BCUT2D eigenvalue weighted by Crippen LogP contribution is -2.34. The molecule has 2 N–H and O–H groups in total. The van der Waals surface area contributed by atoms with Crippen LogP contribution in [0, 0.1) is 0 Å². The molecule has 0 fully saturated rings. The maximum atomic E-state index is 11.2. The first-order valence-corrected chi connectivity index (χ1v) is 5.58. The highest BCUT2D eigenvalue weighted by molar-refractivity contribution is 5.69. The fourth-order valence-electron chi connectivity index (χ4n) is 1.16. The van der Waals surface area contributed by atoms with E-state index in [1.807, 2.05) is 0 Å². The molecule has 0 rings (SSSR count). The fraction of sp³-hybridized carbons (Fsp3) is 0.818. The number of nitrogens with zero attached hydrogens (tertiary/aromatic N) is 1. The van der Waals surface area contributed by atoms with Crippen LogP contribution in [-0.4, -0.2) is 54.4 Å². The second kappa shape index (κ2) is 7.11. The van der Waals surface area contributed by atoms with Gasteiger partial charge in [-0.25, -0.2) is 4.79 Å². The van der Waals surface area contributed by atoms with E-state index in [1.54, 1.807) is 32.7 Å². The van der Waals surface area contributed by atoms with Gasteiger partial charge in [0.2, 0.25) is 0 Å². The molecule has 0 heterocycles. The van der Waals surface area contributed by atoms with Crippen LogP contribution in [0.2, 0.25) is 0 Å². The molecule has 17 heavy (non-hydrogen) atoms. The van der Waals surface area contributed by atoms with Gasteiger partial charge in [0, 0.05) is 13.1 Å². The number of hydrogen-bond donors (Lipinski definition) is 2. The number of aliphatic carboxylic acids is 1. The standard InChI is InChI=1S/C11H22N2O4/c1-11(2,3)17-10(16)12-6-5-7-13(4)8-9(14)15/h5-8H2,1-4H3,(H,12,16)(H,14,15). The Hall–Kier alpha value is -1.30. The number of alkyl carbamates (subject to hydrolysis) is 1. The molecule has 0 aliphatic heterocycles. The number of carboxylic acids is 1. The van der Waals surface area contributed by atoms with Gasteiger partial charge in [0.25, 0.3) is 0 Å². The highest BCUT2D eigenvalue weighted by Crippen LogP contribution is 2.06. The van der Waals surface area contributed by atoms with E-state index in [-0.39, 0.29) is 6.54 Å². The van der Waals surface area contributed by atoms with Crippen LogP contribution in [0.4, 0.5) is 4.79 Å². The maximum absolute atomic E-state index is 11.2. The van der Waals surface area contributed by atoms with Crippen LogP contribution in [0.3, 0.4) is 0 Å². The first kappa shape index (κ1) is 15.7. The normalized spacial score (nSPS) is 11.4. The Bertz CT molecular complexity index is 261. The first-order chi connectivity index (χ1) is 7.70. The highest BCUT2D eigenvalue weighted by Gasteiger charge is 2.15. The van der Waals surface area contributed by atoms with E-state index in [4.69, 9.17) is 9.84 Å². The number of nitrogens with one attached hydrogen (secondary N) is 1. The van der Waals surface area contributed by atoms with Gasteiger partial charge >= 0.3 is 12.1 Å². The lowest BCUT2D eigenvalue weighted by molar-refractivity contribution is -0.137. The predicted octanol–water partition coefficient (Wildman–Crippen LogP) is 0.918. The molecule has 0 atom stereocenters. The summed E-state index contributed by atoms with van der Waals surface area (Å²) in [4.78, 5) is 23.3. The van der Waals surface area contributed by atoms with E-state index in [2.05, 4.69) is 5.32 Å². The number of hydrogen-bond acceptors (Lipinski definition) is 4. The van der Waals surface area contributed by atoms with Gasteiger partial charge < -0.3 is 15.2 Å². The molecule has 0 radical (unpaired) electrons. The summed E-state index contributed by atoms with van der Waals surface area (Å²) in [5.41, 5.74) is -0.496. The van der Waals surface area contributed by atoms with Crippen molar-refractivity contribution in [2.45, 2.75) is 32.8 Å². The summed E-state index contributed by atoms with van der Waals surface area (Å²) >= 11 is 0. The van der Waals surface area contributed by atoms with Crippen molar-refractivity contribution in [2.75, 3.05) is 26.7 Å². The molecule has 100 valence electrons. The van der Waals surface area contributed by atoms with Gasteiger partial charge in [-0.1, -0.05) is 0 Å². The minimum Gasteiger partial charge on any atom is -0.480 e. The lowest BCUT2D eigenvalue weighted by atomic mass is 10.2. The molecule has 1 amide bonds. The molecule has 6 nitrogen and oxygen atoms in total. The van der Waals surface area contributed by atoms with Gasteiger partial charge in [-0.05, 0) is 34.2 Å². The average molecular weight is 246 g/mol. The van der Waals surface area contributed by atoms with Crippen LogP contribution in [0.25, 0.3) is 0 Å². The van der Waals surface area contributed by atoms with Gasteiger partial charge in [0.15, 0.2) is 0 Å². The number of rotatable bonds is 6. The summed E-state index contributed by atoms with van der Waals surface area (Å²) in [7, 11) is 1.72. The van der Waals surface area contributed by atoms with Crippen molar-refractivity contribution >= 4 is 12.1 Å². The molecule has 0 aliphatic carbocycles. The summed E-state index contributed by atoms with van der Waals surface area (Å²) in [6.45, 7) is 6.49. The van der Waals surface area contributed by atoms with Crippen molar-refractivity contribution in [3.05, 3.63) is 0 Å². The van der Waals surface area contributed by atoms with E-state index < -0.39 is 17.7 Å². The summed E-state index contributed by atoms with van der Waals surface area (Å²) < 4.78 is 5.05. The number of carbonyl (C=O) groups excluding carboxylic acids is 1. The topological polar surface area (TPSA) is 78.9 Å². The second-order valence-corrected chi connectivity index (χ2v) is 4.91. The van der Waals surface area contributed by atoms with Gasteiger partial charge in [-0.2, -0.15) is 0 Å². The van der Waals surface area contributed by atoms with E-state index in [9.17, 15) is 9.59 Å². The molecule has 0 spiro atoms. The zero-order chi connectivity index (χ0) is 13.5. The molecule has 6 heteroatoms. The van der Waals surface area contributed by atoms with Crippen LogP contribution >= 0.6 is 0 Å². The van der Waals surface area contributed by atoms with E-state index in [0.717, 1.165) is 0 Å². The molecule has 0 unspecified atom stereocenters. The number of ether oxygens (including phenoxy) is 1. The Morgan fingerprint density at radius 2 is 1.94 bits per heavy atom. The third-order valence-corrected chi connectivity index (χ3v) is 1.79. The predicted molar refractivity (Wildman–Crippen MR) is 64.0 cm³/mol. The van der Waals surface area contributed by atoms with Crippen molar-refractivity contribution in [3.63, 3.8) is 0 Å². The molecule has 0 aliphatic rings. The molecule has 0 saturated heterocycles. The quantitative estimate of drug-likeness (QED) is 0.681. The minimum absolute atomic E-state index is 0.00639. The van der Waals surface area contributed by atoms with Gasteiger partial charge in [-0.3, -0.25) is 9.69 Å². The molecule has 0 saturated carbocycles. The zero-order valence-electron chi connectivity index (χ0n) is 10.9. The SMILES string of the molecule is CN(CCCNC(=O)OC(C)(C)C)CC(=O)O. The molecule has 0 aromatic heterocycles.